The van der Waals surface area contributed by atoms with Crippen LogP contribution in [0.3, 0.4) is 0 Å². The Morgan fingerprint density at radius 1 is 1.10 bits per heavy atom. The van der Waals surface area contributed by atoms with E-state index in [1.165, 1.54) is 22.8 Å². The van der Waals surface area contributed by atoms with E-state index in [1.54, 1.807) is 0 Å². The molecule has 0 unspecified atom stereocenters. The third-order valence-corrected chi connectivity index (χ3v) is 6.63. The summed E-state index contributed by atoms with van der Waals surface area (Å²) < 4.78 is 0. The molecule has 0 aromatic heterocycles. The van der Waals surface area contributed by atoms with Gasteiger partial charge in [0.05, 0.1) is 0 Å². The van der Waals surface area contributed by atoms with E-state index in [0.29, 0.717) is 10.5 Å². The monoisotopic (exact) mass is 409 g/mol. The van der Waals surface area contributed by atoms with Crippen molar-refractivity contribution in [3.63, 3.8) is 0 Å². The van der Waals surface area contributed by atoms with Crippen molar-refractivity contribution in [3.05, 3.63) is 85.0 Å². The minimum atomic E-state index is 0.140. The number of benzene rings is 1. The third-order valence-electron chi connectivity index (χ3n) is 5.11. The first-order valence-corrected chi connectivity index (χ1v) is 11.9. The SMILES string of the molecule is C=C(C)/C(=C\C)C(=C)C(C)(C)C.C=CC(=C)c1cccc(N2CCS(=C)CC2)c1. The van der Waals surface area contributed by atoms with Gasteiger partial charge in [0.1, 0.15) is 0 Å². The quantitative estimate of drug-likeness (QED) is 0.359. The van der Waals surface area contributed by atoms with Gasteiger partial charge in [-0.15, -0.1) is 0 Å². The number of rotatable bonds is 5. The van der Waals surface area contributed by atoms with Crippen LogP contribution in [0, 0.1) is 5.41 Å². The molecule has 0 atom stereocenters. The Morgan fingerprint density at radius 3 is 2.10 bits per heavy atom. The zero-order valence-corrected chi connectivity index (χ0v) is 20.0. The lowest BCUT2D eigenvalue weighted by molar-refractivity contribution is 0.513. The Hall–Kier alpha value is -2.06. The van der Waals surface area contributed by atoms with Crippen molar-refractivity contribution in [2.24, 2.45) is 5.41 Å². The molecule has 0 N–H and O–H groups in total. The first-order valence-electron chi connectivity index (χ1n) is 10.2. The van der Waals surface area contributed by atoms with E-state index >= 15 is 0 Å². The van der Waals surface area contributed by atoms with Gasteiger partial charge in [-0.05, 0) is 53.7 Å². The van der Waals surface area contributed by atoms with Crippen LogP contribution in [0.5, 0.6) is 0 Å². The van der Waals surface area contributed by atoms with Gasteiger partial charge in [-0.1, -0.05) is 82.8 Å². The number of nitrogens with zero attached hydrogens (tertiary/aromatic N) is 1. The molecule has 1 aliphatic rings. The van der Waals surface area contributed by atoms with E-state index in [1.807, 2.05) is 19.9 Å². The topological polar surface area (TPSA) is 3.24 Å². The van der Waals surface area contributed by atoms with Gasteiger partial charge in [-0.25, -0.2) is 0 Å². The van der Waals surface area contributed by atoms with Crippen LogP contribution >= 0.6 is 10.5 Å². The maximum atomic E-state index is 4.16. The summed E-state index contributed by atoms with van der Waals surface area (Å²) in [4.78, 5) is 2.44. The molecule has 158 valence electrons. The minimum absolute atomic E-state index is 0.140. The Morgan fingerprint density at radius 2 is 1.69 bits per heavy atom. The summed E-state index contributed by atoms with van der Waals surface area (Å²) in [5.74, 6) is 6.59. The number of hydrogen-bond acceptors (Lipinski definition) is 1. The first-order chi connectivity index (χ1) is 13.5. The fraction of sp³-hybridized carbons (Fsp3) is 0.370. The van der Waals surface area contributed by atoms with Crippen molar-refractivity contribution in [2.45, 2.75) is 34.6 Å². The normalized spacial score (nSPS) is 15.2. The molecule has 0 saturated carbocycles. The van der Waals surface area contributed by atoms with Gasteiger partial charge >= 0.3 is 0 Å². The van der Waals surface area contributed by atoms with Crippen LogP contribution in [0.1, 0.15) is 40.2 Å². The molecule has 2 heteroatoms. The van der Waals surface area contributed by atoms with Crippen LogP contribution < -0.4 is 4.90 Å². The molecular weight excluding hydrogens is 370 g/mol. The maximum absolute atomic E-state index is 4.16. The van der Waals surface area contributed by atoms with Crippen molar-refractivity contribution < 1.29 is 0 Å². The molecule has 1 saturated heterocycles. The van der Waals surface area contributed by atoms with Gasteiger partial charge in [-0.3, -0.25) is 0 Å². The average molecular weight is 410 g/mol. The van der Waals surface area contributed by atoms with Crippen LogP contribution in [0.15, 0.2) is 79.5 Å². The predicted octanol–water partition coefficient (Wildman–Crippen LogP) is 7.52. The van der Waals surface area contributed by atoms with Crippen LogP contribution in [0.25, 0.3) is 5.57 Å². The van der Waals surface area contributed by atoms with E-state index in [9.17, 15) is 0 Å². The maximum Gasteiger partial charge on any atom is 0.0372 e. The highest BCUT2D eigenvalue weighted by Crippen LogP contribution is 2.32. The Bertz CT molecular complexity index is 807. The van der Waals surface area contributed by atoms with Crippen LogP contribution in [-0.2, 0) is 0 Å². The van der Waals surface area contributed by atoms with Gasteiger partial charge in [0.15, 0.2) is 0 Å². The summed E-state index contributed by atoms with van der Waals surface area (Å²) in [6.07, 6.45) is 3.89. The van der Waals surface area contributed by atoms with E-state index in [0.717, 1.165) is 35.4 Å². The Labute approximate surface area is 182 Å². The van der Waals surface area contributed by atoms with E-state index < -0.39 is 0 Å². The second kappa shape index (κ2) is 11.2. The second-order valence-electron chi connectivity index (χ2n) is 8.50. The van der Waals surface area contributed by atoms with Crippen molar-refractivity contribution in [2.75, 3.05) is 29.5 Å². The van der Waals surface area contributed by atoms with E-state index in [-0.39, 0.29) is 5.41 Å². The van der Waals surface area contributed by atoms with Crippen molar-refractivity contribution in [1.82, 2.24) is 0 Å². The predicted molar refractivity (Wildman–Crippen MR) is 139 cm³/mol. The summed E-state index contributed by atoms with van der Waals surface area (Å²) >= 11 is 0. The van der Waals surface area contributed by atoms with E-state index in [2.05, 4.69) is 88.2 Å². The van der Waals surface area contributed by atoms with E-state index in [4.69, 9.17) is 0 Å². The molecule has 0 radical (unpaired) electrons. The summed E-state index contributed by atoms with van der Waals surface area (Å²) in [7, 11) is 0.374. The number of allylic oxidation sites excluding steroid dienone is 6. The highest BCUT2D eigenvalue weighted by atomic mass is 32.2. The lowest BCUT2D eigenvalue weighted by Gasteiger charge is -2.30. The molecule has 29 heavy (non-hydrogen) atoms. The van der Waals surface area contributed by atoms with Crippen molar-refractivity contribution >= 4 is 27.6 Å². The highest BCUT2D eigenvalue weighted by molar-refractivity contribution is 8.14. The smallest absolute Gasteiger partial charge is 0.0372 e. The van der Waals surface area contributed by atoms with Crippen LogP contribution in [0.2, 0.25) is 0 Å². The summed E-state index contributed by atoms with van der Waals surface area (Å²) in [6.45, 7) is 28.6. The molecule has 1 heterocycles. The van der Waals surface area contributed by atoms with Gasteiger partial charge in [-0.2, -0.15) is 10.5 Å². The lowest BCUT2D eigenvalue weighted by Crippen LogP contribution is -2.33. The molecule has 1 fully saturated rings. The molecular formula is C27H39NS. The summed E-state index contributed by atoms with van der Waals surface area (Å²) in [6, 6.07) is 8.56. The van der Waals surface area contributed by atoms with Crippen molar-refractivity contribution in [3.8, 4) is 0 Å². The second-order valence-corrected chi connectivity index (χ2v) is 10.5. The zero-order valence-electron chi connectivity index (χ0n) is 19.2. The van der Waals surface area contributed by atoms with Gasteiger partial charge < -0.3 is 4.90 Å². The highest BCUT2D eigenvalue weighted by Gasteiger charge is 2.18. The average Bonchev–Trinajstić information content (AvgIpc) is 2.68. The zero-order chi connectivity index (χ0) is 22.2. The lowest BCUT2D eigenvalue weighted by atomic mass is 9.81. The van der Waals surface area contributed by atoms with Crippen molar-refractivity contribution in [1.29, 1.82) is 0 Å². The molecule has 0 bridgehead atoms. The molecule has 0 aliphatic carbocycles. The molecule has 1 nitrogen and oxygen atoms in total. The van der Waals surface area contributed by atoms with Gasteiger partial charge in [0.2, 0.25) is 0 Å². The van der Waals surface area contributed by atoms with Crippen LogP contribution in [-0.4, -0.2) is 30.5 Å². The van der Waals surface area contributed by atoms with Gasteiger partial charge in [0, 0.05) is 30.3 Å². The third kappa shape index (κ3) is 7.70. The molecule has 1 aromatic rings. The Balaban J connectivity index is 0.000000311. The van der Waals surface area contributed by atoms with Gasteiger partial charge in [0.25, 0.3) is 0 Å². The Kier molecular flexibility index (Phi) is 9.65. The first kappa shape index (κ1) is 25.0. The molecule has 1 aromatic carbocycles. The fourth-order valence-electron chi connectivity index (χ4n) is 3.05. The molecule has 1 aliphatic heterocycles. The number of hydrogen-bond donors (Lipinski definition) is 0. The standard InChI is InChI=1S/C15H19NS.C12H20/c1-4-13(2)14-6-5-7-15(12-14)16-8-10-17(3)11-9-16;1-8-11(9(2)3)10(4)12(5,6)7/h4-7,12H,1-3,8-11H2;8H,2,4H2,1,3,5-7H3/b;11-8+. The summed E-state index contributed by atoms with van der Waals surface area (Å²) in [5.41, 5.74) is 7.04. The minimum Gasteiger partial charge on any atom is -0.370 e. The molecule has 0 spiro atoms. The fourth-order valence-corrected chi connectivity index (χ4v) is 4.21. The van der Waals surface area contributed by atoms with Crippen LogP contribution in [0.4, 0.5) is 5.69 Å². The molecule has 0 amide bonds. The largest absolute Gasteiger partial charge is 0.370 e. The number of anilines is 1. The summed E-state index contributed by atoms with van der Waals surface area (Å²) in [5, 5.41) is 0. The molecule has 2 rings (SSSR count).